The van der Waals surface area contributed by atoms with Gasteiger partial charge in [-0.2, -0.15) is 27.1 Å². The lowest BCUT2D eigenvalue weighted by molar-refractivity contribution is -0.154. The molecule has 0 aliphatic heterocycles. The fourth-order valence-corrected chi connectivity index (χ4v) is 2.15. The molecule has 1 atom stereocenters. The summed E-state index contributed by atoms with van der Waals surface area (Å²) in [5.41, 5.74) is -0.221. The summed E-state index contributed by atoms with van der Waals surface area (Å²) in [4.78, 5) is 11.9. The van der Waals surface area contributed by atoms with Crippen LogP contribution in [0.3, 0.4) is 0 Å². The molecule has 2 N–H and O–H groups in total. The third-order valence-corrected chi connectivity index (χ3v) is 3.34. The van der Waals surface area contributed by atoms with Gasteiger partial charge >= 0.3 is 18.8 Å². The Balaban J connectivity index is 2.12. The second-order valence-electron chi connectivity index (χ2n) is 5.22. The molecule has 7 nitrogen and oxygen atoms in total. The SMILES string of the molecule is COc1ccc(C(NC(=O)Nc2cc(OC(F)F)n(C)n2)C(F)(F)F)cc1. The molecule has 2 amide bonds. The summed E-state index contributed by atoms with van der Waals surface area (Å²) in [6, 6.07) is 2.38. The number of hydrogen-bond acceptors (Lipinski definition) is 4. The Bertz CT molecular complexity index is 777. The highest BCUT2D eigenvalue weighted by atomic mass is 19.4. The van der Waals surface area contributed by atoms with E-state index in [0.717, 1.165) is 22.9 Å². The van der Waals surface area contributed by atoms with Gasteiger partial charge in [-0.25, -0.2) is 9.48 Å². The third kappa shape index (κ3) is 5.46. The van der Waals surface area contributed by atoms with Crippen molar-refractivity contribution in [1.82, 2.24) is 15.1 Å². The van der Waals surface area contributed by atoms with Crippen LogP contribution in [-0.2, 0) is 7.05 Å². The van der Waals surface area contributed by atoms with Crippen LogP contribution in [0.4, 0.5) is 32.6 Å². The third-order valence-electron chi connectivity index (χ3n) is 3.34. The molecule has 1 heterocycles. The number of methoxy groups -OCH3 is 1. The number of carbonyl (C=O) groups is 1. The number of hydrogen-bond donors (Lipinski definition) is 2. The molecule has 0 saturated carbocycles. The number of anilines is 1. The summed E-state index contributed by atoms with van der Waals surface area (Å²) in [6.45, 7) is -3.12. The first-order valence-electron chi connectivity index (χ1n) is 7.37. The maximum Gasteiger partial charge on any atom is 0.412 e. The lowest BCUT2D eigenvalue weighted by atomic mass is 10.1. The summed E-state index contributed by atoms with van der Waals surface area (Å²) < 4.78 is 74.3. The van der Waals surface area contributed by atoms with E-state index in [0.29, 0.717) is 5.75 Å². The van der Waals surface area contributed by atoms with E-state index in [9.17, 15) is 26.7 Å². The molecule has 27 heavy (non-hydrogen) atoms. The molecule has 1 unspecified atom stereocenters. The predicted octanol–water partition coefficient (Wildman–Crippen LogP) is 3.46. The second kappa shape index (κ2) is 8.10. The molecular formula is C15H15F5N4O3. The quantitative estimate of drug-likeness (QED) is 0.736. The molecule has 0 aliphatic carbocycles. The molecule has 0 fully saturated rings. The fourth-order valence-electron chi connectivity index (χ4n) is 2.15. The zero-order chi connectivity index (χ0) is 20.2. The van der Waals surface area contributed by atoms with Gasteiger partial charge in [-0.3, -0.25) is 5.32 Å². The number of aryl methyl sites for hydroxylation is 1. The minimum absolute atomic E-state index is 0.221. The summed E-state index contributed by atoms with van der Waals surface area (Å²) >= 11 is 0. The van der Waals surface area contributed by atoms with E-state index in [-0.39, 0.29) is 17.3 Å². The Hall–Kier alpha value is -3.05. The van der Waals surface area contributed by atoms with Gasteiger partial charge in [-0.05, 0) is 17.7 Å². The minimum Gasteiger partial charge on any atom is -0.497 e. The van der Waals surface area contributed by atoms with E-state index in [1.165, 1.54) is 26.3 Å². The van der Waals surface area contributed by atoms with Gasteiger partial charge < -0.3 is 14.8 Å². The number of amides is 2. The fraction of sp³-hybridized carbons (Fsp3) is 0.333. The van der Waals surface area contributed by atoms with E-state index in [1.54, 1.807) is 5.32 Å². The Kier molecular flexibility index (Phi) is 6.08. The van der Waals surface area contributed by atoms with Gasteiger partial charge in [-0.15, -0.1) is 0 Å². The maximum absolute atomic E-state index is 13.3. The maximum atomic E-state index is 13.3. The number of alkyl halides is 5. The van der Waals surface area contributed by atoms with Crippen molar-refractivity contribution in [1.29, 1.82) is 0 Å². The molecular weight excluding hydrogens is 379 g/mol. The number of halogens is 5. The van der Waals surface area contributed by atoms with E-state index < -0.39 is 24.9 Å². The van der Waals surface area contributed by atoms with Crippen molar-refractivity contribution in [3.05, 3.63) is 35.9 Å². The van der Waals surface area contributed by atoms with Crippen molar-refractivity contribution < 1.29 is 36.2 Å². The predicted molar refractivity (Wildman–Crippen MR) is 83.8 cm³/mol. The molecule has 0 aliphatic rings. The summed E-state index contributed by atoms with van der Waals surface area (Å²) in [5.74, 6) is -0.284. The number of ether oxygens (including phenoxy) is 2. The van der Waals surface area contributed by atoms with Gasteiger partial charge in [-0.1, -0.05) is 12.1 Å². The Morgan fingerprint density at radius 1 is 1.22 bits per heavy atom. The number of carbonyl (C=O) groups excluding carboxylic acids is 1. The smallest absolute Gasteiger partial charge is 0.412 e. The van der Waals surface area contributed by atoms with Crippen LogP contribution in [0.5, 0.6) is 11.6 Å². The molecule has 2 rings (SSSR count). The van der Waals surface area contributed by atoms with Crippen molar-refractivity contribution in [2.45, 2.75) is 18.8 Å². The topological polar surface area (TPSA) is 77.4 Å². The standard InChI is InChI=1S/C15H15F5N4O3/c1-24-11(27-13(16)17)7-10(23-24)21-14(25)22-12(15(18,19)20)8-3-5-9(26-2)6-4-8/h3-7,12-13H,1-2H3,(H2,21,22,23,25). The largest absolute Gasteiger partial charge is 0.497 e. The summed E-state index contributed by atoms with van der Waals surface area (Å²) in [7, 11) is 2.62. The Morgan fingerprint density at radius 3 is 2.37 bits per heavy atom. The van der Waals surface area contributed by atoms with Crippen LogP contribution in [-0.4, -0.2) is 35.7 Å². The van der Waals surface area contributed by atoms with Gasteiger partial charge in [0, 0.05) is 13.1 Å². The van der Waals surface area contributed by atoms with Gasteiger partial charge in [0.15, 0.2) is 11.9 Å². The van der Waals surface area contributed by atoms with Gasteiger partial charge in [0.2, 0.25) is 5.88 Å². The highest BCUT2D eigenvalue weighted by molar-refractivity contribution is 5.88. The number of nitrogens with zero attached hydrogens (tertiary/aromatic N) is 2. The first-order valence-corrected chi connectivity index (χ1v) is 7.37. The zero-order valence-electron chi connectivity index (χ0n) is 14.1. The number of benzene rings is 1. The van der Waals surface area contributed by atoms with E-state index in [1.807, 2.05) is 5.32 Å². The van der Waals surface area contributed by atoms with Crippen LogP contribution in [0.1, 0.15) is 11.6 Å². The molecule has 0 saturated heterocycles. The average Bonchev–Trinajstić information content (AvgIpc) is 2.90. The van der Waals surface area contributed by atoms with Crippen molar-refractivity contribution in [2.24, 2.45) is 7.05 Å². The summed E-state index contributed by atoms with van der Waals surface area (Å²) in [6.07, 6.45) is -4.78. The Morgan fingerprint density at radius 2 is 1.85 bits per heavy atom. The van der Waals surface area contributed by atoms with Crippen molar-refractivity contribution in [3.8, 4) is 11.6 Å². The number of rotatable bonds is 6. The number of aromatic nitrogens is 2. The molecule has 12 heteroatoms. The second-order valence-corrected chi connectivity index (χ2v) is 5.22. The van der Waals surface area contributed by atoms with E-state index >= 15 is 0 Å². The van der Waals surface area contributed by atoms with E-state index in [2.05, 4.69) is 9.84 Å². The summed E-state index contributed by atoms with van der Waals surface area (Å²) in [5, 5.41) is 7.47. The lowest BCUT2D eigenvalue weighted by Gasteiger charge is -2.22. The first-order chi connectivity index (χ1) is 12.6. The highest BCUT2D eigenvalue weighted by Crippen LogP contribution is 2.33. The molecule has 0 spiro atoms. The highest BCUT2D eigenvalue weighted by Gasteiger charge is 2.42. The molecule has 1 aromatic heterocycles. The van der Waals surface area contributed by atoms with Crippen molar-refractivity contribution in [3.63, 3.8) is 0 Å². The van der Waals surface area contributed by atoms with Gasteiger partial charge in [0.1, 0.15) is 5.75 Å². The molecule has 1 aromatic carbocycles. The van der Waals surface area contributed by atoms with Gasteiger partial charge in [0.05, 0.1) is 7.11 Å². The normalized spacial score (nSPS) is 12.6. The van der Waals surface area contributed by atoms with Gasteiger partial charge in [0.25, 0.3) is 0 Å². The Labute approximate surface area is 150 Å². The zero-order valence-corrected chi connectivity index (χ0v) is 14.1. The number of urea groups is 1. The van der Waals surface area contributed by atoms with Crippen LogP contribution in [0.25, 0.3) is 0 Å². The molecule has 2 aromatic rings. The van der Waals surface area contributed by atoms with Crippen LogP contribution in [0.2, 0.25) is 0 Å². The molecule has 0 radical (unpaired) electrons. The minimum atomic E-state index is -4.78. The van der Waals surface area contributed by atoms with Crippen molar-refractivity contribution >= 4 is 11.8 Å². The lowest BCUT2D eigenvalue weighted by Crippen LogP contribution is -2.40. The van der Waals surface area contributed by atoms with Crippen molar-refractivity contribution in [2.75, 3.05) is 12.4 Å². The van der Waals surface area contributed by atoms with E-state index in [4.69, 9.17) is 4.74 Å². The first kappa shape index (κ1) is 20.3. The van der Waals surface area contributed by atoms with Crippen LogP contribution in [0, 0.1) is 0 Å². The molecule has 148 valence electrons. The monoisotopic (exact) mass is 394 g/mol. The van der Waals surface area contributed by atoms with Crippen LogP contribution < -0.4 is 20.1 Å². The van der Waals surface area contributed by atoms with Crippen LogP contribution in [0.15, 0.2) is 30.3 Å². The average molecular weight is 394 g/mol. The van der Waals surface area contributed by atoms with Crippen LogP contribution >= 0.6 is 0 Å². The molecule has 0 bridgehead atoms. The number of nitrogens with one attached hydrogen (secondary N) is 2.